The first-order chi connectivity index (χ1) is 11.2. The van der Waals surface area contributed by atoms with Crippen molar-refractivity contribution >= 4 is 0 Å². The van der Waals surface area contributed by atoms with E-state index in [9.17, 15) is 5.11 Å². The van der Waals surface area contributed by atoms with Gasteiger partial charge in [-0.25, -0.2) is 0 Å². The van der Waals surface area contributed by atoms with Crippen LogP contribution in [0.1, 0.15) is 48.6 Å². The number of hydrogen-bond donors (Lipinski definition) is 1. The Labute approximate surface area is 138 Å². The number of rotatable bonds is 6. The predicted octanol–water partition coefficient (Wildman–Crippen LogP) is 2.48. The van der Waals surface area contributed by atoms with Crippen molar-refractivity contribution in [2.75, 3.05) is 13.2 Å². The smallest absolute Gasteiger partial charge is 0.147 e. The standard InChI is InChI=1S/C18H26N4O/c1-3-22-14(2)19-20-18(22)13-21(11-12-23)17-10-6-8-15-7-4-5-9-16(15)17/h4-5,7,9,17,23H,3,6,8,10-13H2,1-2H3. The topological polar surface area (TPSA) is 54.2 Å². The van der Waals surface area contributed by atoms with Gasteiger partial charge in [-0.1, -0.05) is 24.3 Å². The minimum atomic E-state index is 0.165. The van der Waals surface area contributed by atoms with Crippen LogP contribution in [0, 0.1) is 6.92 Å². The van der Waals surface area contributed by atoms with Gasteiger partial charge in [-0.2, -0.15) is 0 Å². The van der Waals surface area contributed by atoms with E-state index in [2.05, 4.69) is 50.9 Å². The van der Waals surface area contributed by atoms with E-state index in [1.54, 1.807) is 0 Å². The van der Waals surface area contributed by atoms with Crippen molar-refractivity contribution in [3.63, 3.8) is 0 Å². The van der Waals surface area contributed by atoms with Crippen molar-refractivity contribution in [1.29, 1.82) is 0 Å². The molecule has 0 aliphatic heterocycles. The van der Waals surface area contributed by atoms with E-state index in [0.717, 1.165) is 37.6 Å². The third-order valence-electron chi connectivity index (χ3n) is 4.84. The average Bonchev–Trinajstić information content (AvgIpc) is 2.93. The van der Waals surface area contributed by atoms with E-state index in [1.165, 1.54) is 17.5 Å². The summed E-state index contributed by atoms with van der Waals surface area (Å²) >= 11 is 0. The molecule has 0 fully saturated rings. The van der Waals surface area contributed by atoms with Gasteiger partial charge in [0.1, 0.15) is 11.6 Å². The Bertz CT molecular complexity index is 652. The molecule has 1 aliphatic rings. The molecule has 124 valence electrons. The Hall–Kier alpha value is -1.72. The molecule has 1 heterocycles. The number of hydrogen-bond acceptors (Lipinski definition) is 4. The lowest BCUT2D eigenvalue weighted by Gasteiger charge is -2.35. The highest BCUT2D eigenvalue weighted by Crippen LogP contribution is 2.34. The molecule has 0 radical (unpaired) electrons. The second-order valence-corrected chi connectivity index (χ2v) is 6.21. The van der Waals surface area contributed by atoms with Gasteiger partial charge < -0.3 is 9.67 Å². The van der Waals surface area contributed by atoms with Crippen molar-refractivity contribution in [2.45, 2.75) is 52.2 Å². The van der Waals surface area contributed by atoms with E-state index in [4.69, 9.17) is 0 Å². The van der Waals surface area contributed by atoms with Gasteiger partial charge in [-0.15, -0.1) is 10.2 Å². The monoisotopic (exact) mass is 314 g/mol. The van der Waals surface area contributed by atoms with Crippen molar-refractivity contribution in [1.82, 2.24) is 19.7 Å². The first-order valence-electron chi connectivity index (χ1n) is 8.56. The maximum atomic E-state index is 9.54. The van der Waals surface area contributed by atoms with Gasteiger partial charge in [0.05, 0.1) is 13.2 Å². The van der Waals surface area contributed by atoms with Gasteiger partial charge in [-0.05, 0) is 44.2 Å². The van der Waals surface area contributed by atoms with E-state index in [-0.39, 0.29) is 6.61 Å². The summed E-state index contributed by atoms with van der Waals surface area (Å²) in [4.78, 5) is 2.35. The molecule has 5 heteroatoms. The SMILES string of the molecule is CCn1c(C)nnc1CN(CCO)C1CCCc2ccccc21. The zero-order valence-electron chi connectivity index (χ0n) is 14.1. The molecule has 1 N–H and O–H groups in total. The number of aliphatic hydroxyl groups is 1. The molecule has 1 aromatic heterocycles. The zero-order chi connectivity index (χ0) is 16.2. The van der Waals surface area contributed by atoms with Crippen LogP contribution in [0.5, 0.6) is 0 Å². The summed E-state index contributed by atoms with van der Waals surface area (Å²) in [6, 6.07) is 9.06. The second-order valence-electron chi connectivity index (χ2n) is 6.21. The highest BCUT2D eigenvalue weighted by atomic mass is 16.3. The Kier molecular flexibility index (Phi) is 5.08. The lowest BCUT2D eigenvalue weighted by Crippen LogP contribution is -2.34. The number of nitrogens with zero attached hydrogens (tertiary/aromatic N) is 4. The molecule has 3 rings (SSSR count). The molecule has 23 heavy (non-hydrogen) atoms. The lowest BCUT2D eigenvalue weighted by atomic mass is 9.87. The number of benzene rings is 1. The molecule has 1 unspecified atom stereocenters. The fourth-order valence-electron chi connectivity index (χ4n) is 3.72. The van der Waals surface area contributed by atoms with E-state index < -0.39 is 0 Å². The van der Waals surface area contributed by atoms with Gasteiger partial charge in [-0.3, -0.25) is 4.90 Å². The fourth-order valence-corrected chi connectivity index (χ4v) is 3.72. The normalized spacial score (nSPS) is 17.5. The minimum absolute atomic E-state index is 0.165. The minimum Gasteiger partial charge on any atom is -0.395 e. The largest absolute Gasteiger partial charge is 0.395 e. The molecule has 0 amide bonds. The second kappa shape index (κ2) is 7.23. The molecule has 1 atom stereocenters. The van der Waals surface area contributed by atoms with Crippen LogP contribution in [-0.2, 0) is 19.5 Å². The van der Waals surface area contributed by atoms with Crippen molar-refractivity contribution < 1.29 is 5.11 Å². The Morgan fingerprint density at radius 1 is 1.30 bits per heavy atom. The van der Waals surface area contributed by atoms with Gasteiger partial charge in [0.25, 0.3) is 0 Å². The molecule has 1 aliphatic carbocycles. The number of aryl methyl sites for hydroxylation is 2. The first kappa shape index (κ1) is 16.1. The van der Waals surface area contributed by atoms with Gasteiger partial charge in [0, 0.05) is 19.1 Å². The van der Waals surface area contributed by atoms with Crippen molar-refractivity contribution in [3.05, 3.63) is 47.0 Å². The van der Waals surface area contributed by atoms with Crippen LogP contribution in [0.2, 0.25) is 0 Å². The first-order valence-corrected chi connectivity index (χ1v) is 8.56. The maximum absolute atomic E-state index is 9.54. The van der Waals surface area contributed by atoms with Gasteiger partial charge in [0.2, 0.25) is 0 Å². The summed E-state index contributed by atoms with van der Waals surface area (Å²) in [5.41, 5.74) is 2.85. The van der Waals surface area contributed by atoms with Gasteiger partial charge in [0.15, 0.2) is 0 Å². The third-order valence-corrected chi connectivity index (χ3v) is 4.84. The lowest BCUT2D eigenvalue weighted by molar-refractivity contribution is 0.127. The van der Waals surface area contributed by atoms with E-state index in [1.807, 2.05) is 6.92 Å². The molecular weight excluding hydrogens is 288 g/mol. The zero-order valence-corrected chi connectivity index (χ0v) is 14.1. The summed E-state index contributed by atoms with van der Waals surface area (Å²) in [6.45, 7) is 6.54. The van der Waals surface area contributed by atoms with Crippen LogP contribution in [0.15, 0.2) is 24.3 Å². The molecular formula is C18H26N4O. The van der Waals surface area contributed by atoms with Gasteiger partial charge >= 0.3 is 0 Å². The molecule has 0 saturated heterocycles. The third kappa shape index (κ3) is 3.31. The molecule has 2 aromatic rings. The van der Waals surface area contributed by atoms with Crippen LogP contribution in [0.25, 0.3) is 0 Å². The average molecular weight is 314 g/mol. The predicted molar refractivity (Wildman–Crippen MR) is 90.0 cm³/mol. The van der Waals surface area contributed by atoms with E-state index in [0.29, 0.717) is 12.6 Å². The Morgan fingerprint density at radius 2 is 2.13 bits per heavy atom. The maximum Gasteiger partial charge on any atom is 0.147 e. The van der Waals surface area contributed by atoms with Crippen LogP contribution in [0.3, 0.4) is 0 Å². The summed E-state index contributed by atoms with van der Waals surface area (Å²) in [6.07, 6.45) is 3.49. The molecule has 5 nitrogen and oxygen atoms in total. The van der Waals surface area contributed by atoms with E-state index >= 15 is 0 Å². The van der Waals surface area contributed by atoms with Crippen LogP contribution < -0.4 is 0 Å². The summed E-state index contributed by atoms with van der Waals surface area (Å²) in [7, 11) is 0. The van der Waals surface area contributed by atoms with Crippen LogP contribution in [0.4, 0.5) is 0 Å². The summed E-state index contributed by atoms with van der Waals surface area (Å²) in [5, 5.41) is 18.1. The molecule has 0 bridgehead atoms. The number of fused-ring (bicyclic) bond motifs is 1. The number of aromatic nitrogens is 3. The van der Waals surface area contributed by atoms with Crippen LogP contribution in [-0.4, -0.2) is 37.9 Å². The quantitative estimate of drug-likeness (QED) is 0.890. The van der Waals surface area contributed by atoms with Crippen molar-refractivity contribution in [3.8, 4) is 0 Å². The summed E-state index contributed by atoms with van der Waals surface area (Å²) in [5.74, 6) is 1.94. The number of aliphatic hydroxyl groups excluding tert-OH is 1. The summed E-state index contributed by atoms with van der Waals surface area (Å²) < 4.78 is 2.15. The highest BCUT2D eigenvalue weighted by Gasteiger charge is 2.26. The highest BCUT2D eigenvalue weighted by molar-refractivity contribution is 5.32. The van der Waals surface area contributed by atoms with Crippen LogP contribution >= 0.6 is 0 Å². The fraction of sp³-hybridized carbons (Fsp3) is 0.556. The van der Waals surface area contributed by atoms with Crippen molar-refractivity contribution in [2.24, 2.45) is 0 Å². The Balaban J connectivity index is 1.87. The Morgan fingerprint density at radius 3 is 2.91 bits per heavy atom. The molecule has 0 saturated carbocycles. The molecule has 0 spiro atoms. The molecule has 1 aromatic carbocycles.